The normalized spacial score (nSPS) is 11.4. The van der Waals surface area contributed by atoms with Gasteiger partial charge < -0.3 is 5.32 Å². The van der Waals surface area contributed by atoms with Gasteiger partial charge in [-0.3, -0.25) is 0 Å². The van der Waals surface area contributed by atoms with Crippen molar-refractivity contribution < 1.29 is 13.2 Å². The van der Waals surface area contributed by atoms with E-state index in [0.29, 0.717) is 18.0 Å². The molecule has 0 saturated carbocycles. The second-order valence-corrected chi connectivity index (χ2v) is 4.78. The van der Waals surface area contributed by atoms with Crippen LogP contribution in [0.4, 0.5) is 18.9 Å². The summed E-state index contributed by atoms with van der Waals surface area (Å²) in [4.78, 5) is 0. The van der Waals surface area contributed by atoms with Crippen molar-refractivity contribution in [1.82, 2.24) is 0 Å². The molecule has 0 radical (unpaired) electrons. The molecule has 0 aromatic heterocycles. The minimum absolute atomic E-state index is 0.287. The molecule has 0 heterocycles. The van der Waals surface area contributed by atoms with Crippen LogP contribution in [0, 0.1) is 0 Å². The van der Waals surface area contributed by atoms with Crippen molar-refractivity contribution in [1.29, 1.82) is 0 Å². The third-order valence-electron chi connectivity index (χ3n) is 2.87. The number of rotatable bonds is 4. The predicted octanol–water partition coefficient (Wildman–Crippen LogP) is 5.01. The van der Waals surface area contributed by atoms with E-state index in [4.69, 9.17) is 11.6 Å². The quantitative estimate of drug-likeness (QED) is 0.836. The largest absolute Gasteiger partial charge is 0.416 e. The highest BCUT2D eigenvalue weighted by molar-refractivity contribution is 6.30. The lowest BCUT2D eigenvalue weighted by Crippen LogP contribution is -2.12. The van der Waals surface area contributed by atoms with E-state index in [1.807, 2.05) is 6.07 Å². The molecule has 0 aliphatic rings. The van der Waals surface area contributed by atoms with Crippen LogP contribution < -0.4 is 5.32 Å². The summed E-state index contributed by atoms with van der Waals surface area (Å²) in [6.07, 6.45) is -4.02. The maximum absolute atomic E-state index is 12.8. The Kier molecular flexibility index (Phi) is 4.55. The first kappa shape index (κ1) is 14.7. The van der Waals surface area contributed by atoms with E-state index in [2.05, 4.69) is 5.32 Å². The first-order valence-corrected chi connectivity index (χ1v) is 6.49. The summed E-state index contributed by atoms with van der Waals surface area (Å²) in [6.45, 7) is 0.410. The van der Waals surface area contributed by atoms with Crippen LogP contribution in [0.25, 0.3) is 0 Å². The second-order valence-electron chi connectivity index (χ2n) is 4.34. The Morgan fingerprint density at radius 1 is 1.00 bits per heavy atom. The molecule has 1 N–H and O–H groups in total. The Hall–Kier alpha value is -1.68. The van der Waals surface area contributed by atoms with Crippen LogP contribution in [0.1, 0.15) is 11.1 Å². The molecule has 2 aromatic rings. The van der Waals surface area contributed by atoms with Crippen molar-refractivity contribution in [2.45, 2.75) is 12.6 Å². The molecule has 0 aliphatic heterocycles. The maximum atomic E-state index is 12.8. The summed E-state index contributed by atoms with van der Waals surface area (Å²) in [5, 5.41) is 3.65. The first-order chi connectivity index (χ1) is 9.47. The summed E-state index contributed by atoms with van der Waals surface area (Å²) >= 11 is 5.84. The lowest BCUT2D eigenvalue weighted by molar-refractivity contribution is -0.138. The number of hydrogen-bond donors (Lipinski definition) is 1. The molecule has 106 valence electrons. The minimum Gasteiger partial charge on any atom is -0.385 e. The summed E-state index contributed by atoms with van der Waals surface area (Å²) < 4.78 is 38.4. The molecular formula is C15H13ClF3N. The Labute approximate surface area is 120 Å². The van der Waals surface area contributed by atoms with Crippen molar-refractivity contribution >= 4 is 17.3 Å². The van der Waals surface area contributed by atoms with Crippen LogP contribution in [0.2, 0.25) is 5.02 Å². The van der Waals surface area contributed by atoms with Gasteiger partial charge in [0.05, 0.1) is 5.56 Å². The Morgan fingerprint density at radius 2 is 1.75 bits per heavy atom. The molecular weight excluding hydrogens is 287 g/mol. The molecule has 0 bridgehead atoms. The molecule has 2 rings (SSSR count). The Bertz CT molecular complexity index is 581. The van der Waals surface area contributed by atoms with Crippen molar-refractivity contribution in [3.05, 3.63) is 64.7 Å². The van der Waals surface area contributed by atoms with E-state index in [9.17, 15) is 13.2 Å². The summed E-state index contributed by atoms with van der Waals surface area (Å²) in [5.74, 6) is 0. The summed E-state index contributed by atoms with van der Waals surface area (Å²) in [7, 11) is 0. The maximum Gasteiger partial charge on any atom is 0.416 e. The lowest BCUT2D eigenvalue weighted by atomic mass is 10.0. The van der Waals surface area contributed by atoms with E-state index in [1.165, 1.54) is 12.1 Å². The van der Waals surface area contributed by atoms with E-state index in [-0.39, 0.29) is 5.56 Å². The van der Waals surface area contributed by atoms with Crippen molar-refractivity contribution in [2.75, 3.05) is 11.9 Å². The monoisotopic (exact) mass is 299 g/mol. The fourth-order valence-corrected chi connectivity index (χ4v) is 2.15. The van der Waals surface area contributed by atoms with Gasteiger partial charge in [0.15, 0.2) is 0 Å². The molecule has 0 saturated heterocycles. The van der Waals surface area contributed by atoms with Gasteiger partial charge in [0.25, 0.3) is 0 Å². The third kappa shape index (κ3) is 3.90. The fraction of sp³-hybridized carbons (Fsp3) is 0.200. The molecule has 5 heteroatoms. The highest BCUT2D eigenvalue weighted by Crippen LogP contribution is 2.32. The van der Waals surface area contributed by atoms with E-state index < -0.39 is 11.7 Å². The minimum atomic E-state index is -4.31. The van der Waals surface area contributed by atoms with Gasteiger partial charge in [-0.15, -0.1) is 0 Å². The Balaban J connectivity index is 2.01. The van der Waals surface area contributed by atoms with Gasteiger partial charge in [-0.2, -0.15) is 13.2 Å². The molecule has 2 aromatic carbocycles. The zero-order valence-electron chi connectivity index (χ0n) is 10.5. The van der Waals surface area contributed by atoms with Gasteiger partial charge in [-0.25, -0.2) is 0 Å². The molecule has 0 unspecified atom stereocenters. The van der Waals surface area contributed by atoms with Crippen molar-refractivity contribution in [3.8, 4) is 0 Å². The van der Waals surface area contributed by atoms with Crippen molar-refractivity contribution in [3.63, 3.8) is 0 Å². The standard InChI is InChI=1S/C15H13ClF3N/c16-12-5-3-6-13(10-12)20-9-8-11-4-1-2-7-14(11)15(17,18)19/h1-7,10,20H,8-9H2. The number of anilines is 1. The Morgan fingerprint density at radius 3 is 2.45 bits per heavy atom. The van der Waals surface area contributed by atoms with Crippen molar-refractivity contribution in [2.24, 2.45) is 0 Å². The van der Waals surface area contributed by atoms with E-state index in [1.54, 1.807) is 24.3 Å². The van der Waals surface area contributed by atoms with Gasteiger partial charge in [0.1, 0.15) is 0 Å². The molecule has 0 amide bonds. The molecule has 20 heavy (non-hydrogen) atoms. The average Bonchev–Trinajstić information content (AvgIpc) is 2.38. The molecule has 0 aliphatic carbocycles. The molecule has 0 atom stereocenters. The zero-order chi connectivity index (χ0) is 14.6. The first-order valence-electron chi connectivity index (χ1n) is 6.11. The van der Waals surface area contributed by atoms with Crippen LogP contribution in [0.15, 0.2) is 48.5 Å². The summed E-state index contributed by atoms with van der Waals surface area (Å²) in [5.41, 5.74) is 0.504. The van der Waals surface area contributed by atoms with Crippen LogP contribution >= 0.6 is 11.6 Å². The van der Waals surface area contributed by atoms with Crippen LogP contribution in [0.3, 0.4) is 0 Å². The van der Waals surface area contributed by atoms with Crippen LogP contribution in [0.5, 0.6) is 0 Å². The third-order valence-corrected chi connectivity index (χ3v) is 3.11. The number of halogens is 4. The SMILES string of the molecule is FC(F)(F)c1ccccc1CCNc1cccc(Cl)c1. The molecule has 0 spiro atoms. The van der Waals surface area contributed by atoms with E-state index in [0.717, 1.165) is 11.8 Å². The topological polar surface area (TPSA) is 12.0 Å². The van der Waals surface area contributed by atoms with Gasteiger partial charge in [0, 0.05) is 17.3 Å². The number of nitrogens with one attached hydrogen (secondary N) is 1. The highest BCUT2D eigenvalue weighted by Gasteiger charge is 2.32. The van der Waals surface area contributed by atoms with Gasteiger partial charge in [-0.05, 0) is 36.2 Å². The summed E-state index contributed by atoms with van der Waals surface area (Å²) in [6, 6.07) is 12.7. The predicted molar refractivity (Wildman–Crippen MR) is 75.1 cm³/mol. The number of hydrogen-bond acceptors (Lipinski definition) is 1. The fourth-order valence-electron chi connectivity index (χ4n) is 1.95. The molecule has 0 fully saturated rings. The molecule has 1 nitrogen and oxygen atoms in total. The second kappa shape index (κ2) is 6.18. The van der Waals surface area contributed by atoms with Crippen LogP contribution in [-0.2, 0) is 12.6 Å². The van der Waals surface area contributed by atoms with Gasteiger partial charge >= 0.3 is 6.18 Å². The van der Waals surface area contributed by atoms with Crippen LogP contribution in [-0.4, -0.2) is 6.54 Å². The number of benzene rings is 2. The average molecular weight is 300 g/mol. The van der Waals surface area contributed by atoms with Gasteiger partial charge in [-0.1, -0.05) is 35.9 Å². The lowest BCUT2D eigenvalue weighted by Gasteiger charge is -2.13. The zero-order valence-corrected chi connectivity index (χ0v) is 11.3. The highest BCUT2D eigenvalue weighted by atomic mass is 35.5. The smallest absolute Gasteiger partial charge is 0.385 e. The van der Waals surface area contributed by atoms with E-state index >= 15 is 0 Å². The number of alkyl halides is 3. The van der Waals surface area contributed by atoms with Gasteiger partial charge in [0.2, 0.25) is 0 Å².